The molecule has 0 amide bonds. The maximum Gasteiger partial charge on any atom is 0.0447 e. The van der Waals surface area contributed by atoms with Crippen LogP contribution in [0.25, 0.3) is 0 Å². The topological polar surface area (TPSA) is 28.2 Å². The molecule has 0 aliphatic carbocycles. The van der Waals surface area contributed by atoms with E-state index in [0.29, 0.717) is 6.04 Å². The smallest absolute Gasteiger partial charge is 0.0447 e. The monoisotopic (exact) mass is 275 g/mol. The van der Waals surface area contributed by atoms with E-state index in [4.69, 9.17) is 0 Å². The van der Waals surface area contributed by atoms with E-state index in [2.05, 4.69) is 55.2 Å². The summed E-state index contributed by atoms with van der Waals surface area (Å²) in [5.41, 5.74) is 3.84. The van der Waals surface area contributed by atoms with Gasteiger partial charge in [0.25, 0.3) is 0 Å². The first-order valence-corrected chi connectivity index (χ1v) is 8.04. The van der Waals surface area contributed by atoms with Crippen molar-refractivity contribution in [2.45, 2.75) is 59.5 Å². The van der Waals surface area contributed by atoms with Gasteiger partial charge in [0.15, 0.2) is 0 Å². The normalized spacial score (nSPS) is 23.1. The second-order valence-corrected chi connectivity index (χ2v) is 6.30. The Kier molecular flexibility index (Phi) is 5.41. The Balaban J connectivity index is 2.17. The van der Waals surface area contributed by atoms with E-state index in [1.54, 1.807) is 0 Å². The summed E-state index contributed by atoms with van der Waals surface area (Å²) in [6.07, 6.45) is 5.82. The Hall–Kier alpha value is -1.09. The number of nitrogens with zero attached hydrogens (tertiary/aromatic N) is 2. The maximum atomic E-state index is 4.49. The second kappa shape index (κ2) is 7.07. The van der Waals surface area contributed by atoms with Gasteiger partial charge in [-0.3, -0.25) is 4.98 Å². The second-order valence-electron chi connectivity index (χ2n) is 6.30. The molecule has 2 heterocycles. The van der Waals surface area contributed by atoms with E-state index in [9.17, 15) is 0 Å². The van der Waals surface area contributed by atoms with Gasteiger partial charge in [0, 0.05) is 42.3 Å². The van der Waals surface area contributed by atoms with Crippen LogP contribution in [0.4, 0.5) is 5.69 Å². The minimum absolute atomic E-state index is 0.630. The summed E-state index contributed by atoms with van der Waals surface area (Å²) in [5, 5.41) is 3.51. The first-order chi connectivity index (χ1) is 9.61. The van der Waals surface area contributed by atoms with Crippen LogP contribution in [0.3, 0.4) is 0 Å². The Morgan fingerprint density at radius 2 is 2.20 bits per heavy atom. The zero-order valence-corrected chi connectivity index (χ0v) is 13.4. The van der Waals surface area contributed by atoms with E-state index in [1.165, 1.54) is 37.1 Å². The highest BCUT2D eigenvalue weighted by Crippen LogP contribution is 2.30. The molecular weight excluding hydrogens is 246 g/mol. The molecule has 0 aromatic carbocycles. The van der Waals surface area contributed by atoms with Crippen LogP contribution in [0.5, 0.6) is 0 Å². The van der Waals surface area contributed by atoms with E-state index in [-0.39, 0.29) is 0 Å². The highest BCUT2D eigenvalue weighted by atomic mass is 15.2. The lowest BCUT2D eigenvalue weighted by Crippen LogP contribution is -2.41. The molecule has 1 aliphatic rings. The molecule has 2 atom stereocenters. The van der Waals surface area contributed by atoms with Crippen LogP contribution in [-0.4, -0.2) is 24.1 Å². The van der Waals surface area contributed by atoms with Crippen molar-refractivity contribution >= 4 is 5.69 Å². The molecule has 2 rings (SSSR count). The molecular formula is C17H29N3. The van der Waals surface area contributed by atoms with Crippen LogP contribution < -0.4 is 10.2 Å². The number of pyridine rings is 1. The Morgan fingerprint density at radius 3 is 2.90 bits per heavy atom. The molecule has 112 valence electrons. The summed E-state index contributed by atoms with van der Waals surface area (Å²) >= 11 is 0. The fraction of sp³-hybridized carbons (Fsp3) is 0.706. The number of aryl methyl sites for hydroxylation is 1. The summed E-state index contributed by atoms with van der Waals surface area (Å²) in [4.78, 5) is 7.07. The number of nitrogens with one attached hydrogen (secondary N) is 1. The van der Waals surface area contributed by atoms with Crippen molar-refractivity contribution in [3.63, 3.8) is 0 Å². The van der Waals surface area contributed by atoms with Crippen molar-refractivity contribution in [2.24, 2.45) is 5.92 Å². The van der Waals surface area contributed by atoms with Gasteiger partial charge in [-0.1, -0.05) is 13.8 Å². The third-order valence-electron chi connectivity index (χ3n) is 4.29. The molecule has 0 spiro atoms. The predicted molar refractivity (Wildman–Crippen MR) is 86.2 cm³/mol. The standard InChI is InChI=1S/C17H29N3/c1-5-7-18-11-16-12-19-14(3)10-17(16)20-8-6-13(2)9-15(20)4/h10,12-13,15,18H,5-9,11H2,1-4H3. The fourth-order valence-corrected chi connectivity index (χ4v) is 3.14. The van der Waals surface area contributed by atoms with Crippen LogP contribution in [0.2, 0.25) is 0 Å². The number of hydrogen-bond donors (Lipinski definition) is 1. The molecule has 0 saturated carbocycles. The molecule has 20 heavy (non-hydrogen) atoms. The number of rotatable bonds is 5. The van der Waals surface area contributed by atoms with Gasteiger partial charge < -0.3 is 10.2 Å². The SMILES string of the molecule is CCCNCc1cnc(C)cc1N1CCC(C)CC1C. The van der Waals surface area contributed by atoms with E-state index < -0.39 is 0 Å². The highest BCUT2D eigenvalue weighted by Gasteiger charge is 2.24. The van der Waals surface area contributed by atoms with Gasteiger partial charge in [0.1, 0.15) is 0 Å². The van der Waals surface area contributed by atoms with Gasteiger partial charge in [0.05, 0.1) is 0 Å². The van der Waals surface area contributed by atoms with Crippen molar-refractivity contribution in [1.82, 2.24) is 10.3 Å². The van der Waals surface area contributed by atoms with Crippen LogP contribution >= 0.6 is 0 Å². The Labute approximate surface area is 123 Å². The minimum Gasteiger partial charge on any atom is -0.368 e. The summed E-state index contributed by atoms with van der Waals surface area (Å²) in [7, 11) is 0. The van der Waals surface area contributed by atoms with Crippen molar-refractivity contribution < 1.29 is 0 Å². The van der Waals surface area contributed by atoms with Gasteiger partial charge in [-0.25, -0.2) is 0 Å². The molecule has 1 saturated heterocycles. The zero-order chi connectivity index (χ0) is 14.5. The lowest BCUT2D eigenvalue weighted by molar-refractivity contribution is 0.377. The lowest BCUT2D eigenvalue weighted by atomic mass is 9.92. The molecule has 1 aromatic heterocycles. The summed E-state index contributed by atoms with van der Waals surface area (Å²) in [6, 6.07) is 2.89. The van der Waals surface area contributed by atoms with Gasteiger partial charge in [-0.05, 0) is 51.6 Å². The molecule has 1 N–H and O–H groups in total. The number of piperidine rings is 1. The van der Waals surface area contributed by atoms with Gasteiger partial charge in [0.2, 0.25) is 0 Å². The lowest BCUT2D eigenvalue weighted by Gasteiger charge is -2.39. The fourth-order valence-electron chi connectivity index (χ4n) is 3.14. The average molecular weight is 275 g/mol. The van der Waals surface area contributed by atoms with Gasteiger partial charge >= 0.3 is 0 Å². The van der Waals surface area contributed by atoms with E-state index in [0.717, 1.165) is 24.7 Å². The molecule has 3 heteroatoms. The minimum atomic E-state index is 0.630. The first kappa shape index (κ1) is 15.3. The van der Waals surface area contributed by atoms with Crippen LogP contribution in [-0.2, 0) is 6.54 Å². The Bertz CT molecular complexity index is 430. The van der Waals surface area contributed by atoms with Crippen LogP contribution in [0.15, 0.2) is 12.3 Å². The third kappa shape index (κ3) is 3.72. The van der Waals surface area contributed by atoms with Crippen LogP contribution in [0.1, 0.15) is 51.3 Å². The van der Waals surface area contributed by atoms with E-state index >= 15 is 0 Å². The molecule has 0 bridgehead atoms. The van der Waals surface area contributed by atoms with Crippen molar-refractivity contribution in [2.75, 3.05) is 18.0 Å². The first-order valence-electron chi connectivity index (χ1n) is 8.04. The van der Waals surface area contributed by atoms with E-state index in [1.807, 2.05) is 0 Å². The quantitative estimate of drug-likeness (QED) is 0.833. The summed E-state index contributed by atoms with van der Waals surface area (Å²) < 4.78 is 0. The van der Waals surface area contributed by atoms with Gasteiger partial charge in [-0.2, -0.15) is 0 Å². The number of anilines is 1. The average Bonchev–Trinajstić information content (AvgIpc) is 2.41. The molecule has 1 aliphatic heterocycles. The Morgan fingerprint density at radius 1 is 1.40 bits per heavy atom. The van der Waals surface area contributed by atoms with Gasteiger partial charge in [-0.15, -0.1) is 0 Å². The molecule has 3 nitrogen and oxygen atoms in total. The third-order valence-corrected chi connectivity index (χ3v) is 4.29. The summed E-state index contributed by atoms with van der Waals surface area (Å²) in [6.45, 7) is 12.2. The highest BCUT2D eigenvalue weighted by molar-refractivity contribution is 5.54. The summed E-state index contributed by atoms with van der Waals surface area (Å²) in [5.74, 6) is 0.853. The number of hydrogen-bond acceptors (Lipinski definition) is 3. The predicted octanol–water partition coefficient (Wildman–Crippen LogP) is 3.51. The molecule has 1 fully saturated rings. The number of aromatic nitrogens is 1. The van der Waals surface area contributed by atoms with Crippen molar-refractivity contribution in [1.29, 1.82) is 0 Å². The molecule has 2 unspecified atom stereocenters. The van der Waals surface area contributed by atoms with Crippen LogP contribution in [0, 0.1) is 12.8 Å². The zero-order valence-electron chi connectivity index (χ0n) is 13.4. The molecule has 1 aromatic rings. The van der Waals surface area contributed by atoms with Crippen molar-refractivity contribution in [3.05, 3.63) is 23.5 Å². The molecule has 0 radical (unpaired) electrons. The van der Waals surface area contributed by atoms with Crippen molar-refractivity contribution in [3.8, 4) is 0 Å². The largest absolute Gasteiger partial charge is 0.368 e. The maximum absolute atomic E-state index is 4.49.